The van der Waals surface area contributed by atoms with Crippen LogP contribution in [0, 0.1) is 6.92 Å². The highest BCUT2D eigenvalue weighted by molar-refractivity contribution is 5.76. The number of hydrogen-bond donors (Lipinski definition) is 2. The molecule has 0 aliphatic carbocycles. The van der Waals surface area contributed by atoms with E-state index < -0.39 is 12.1 Å². The van der Waals surface area contributed by atoms with Crippen LogP contribution in [-0.4, -0.2) is 22.8 Å². The maximum atomic E-state index is 11.5. The maximum absolute atomic E-state index is 11.5. The third-order valence-corrected chi connectivity index (χ3v) is 2.76. The number of aryl methyl sites for hydroxylation is 1. The Bertz CT molecular complexity index is 401. The van der Waals surface area contributed by atoms with Crippen molar-refractivity contribution in [1.29, 1.82) is 0 Å². The summed E-state index contributed by atoms with van der Waals surface area (Å²) in [6.45, 7) is 4.13. The van der Waals surface area contributed by atoms with E-state index in [2.05, 4.69) is 6.92 Å². The number of unbranched alkanes of at least 4 members (excludes halogenated alkanes) is 2. The van der Waals surface area contributed by atoms with Gasteiger partial charge < -0.3 is 14.9 Å². The van der Waals surface area contributed by atoms with Crippen molar-refractivity contribution in [3.8, 4) is 5.75 Å². The zero-order chi connectivity index (χ0) is 13.5. The number of ether oxygens (including phenoxy) is 1. The molecule has 18 heavy (non-hydrogen) atoms. The van der Waals surface area contributed by atoms with Crippen molar-refractivity contribution < 1.29 is 19.7 Å². The normalized spacial score (nSPS) is 12.2. The van der Waals surface area contributed by atoms with Gasteiger partial charge in [0.2, 0.25) is 0 Å². The third-order valence-electron chi connectivity index (χ3n) is 2.76. The second-order valence-electron chi connectivity index (χ2n) is 4.32. The molecule has 1 unspecified atom stereocenters. The molecular weight excluding hydrogens is 232 g/mol. The van der Waals surface area contributed by atoms with Crippen LogP contribution in [-0.2, 0) is 9.53 Å². The molecule has 1 atom stereocenters. The van der Waals surface area contributed by atoms with E-state index in [9.17, 15) is 15.0 Å². The molecule has 100 valence electrons. The van der Waals surface area contributed by atoms with Crippen LogP contribution in [0.3, 0.4) is 0 Å². The van der Waals surface area contributed by atoms with Gasteiger partial charge in [-0.1, -0.05) is 31.9 Å². The Balaban J connectivity index is 2.54. The first-order valence-corrected chi connectivity index (χ1v) is 6.20. The lowest BCUT2D eigenvalue weighted by atomic mass is 10.1. The molecule has 0 aliphatic rings. The van der Waals surface area contributed by atoms with Gasteiger partial charge in [0.25, 0.3) is 0 Å². The number of benzene rings is 1. The number of rotatable bonds is 6. The van der Waals surface area contributed by atoms with E-state index in [1.54, 1.807) is 19.1 Å². The standard InChI is InChI=1S/C14H20O4/c1-3-4-5-8-18-14(17)13(16)11-7-6-10(2)12(15)9-11/h6-7,9,13,15-16H,3-5,8H2,1-2H3. The van der Waals surface area contributed by atoms with Crippen LogP contribution in [0.15, 0.2) is 18.2 Å². The zero-order valence-corrected chi connectivity index (χ0v) is 10.8. The average Bonchev–Trinajstić information content (AvgIpc) is 2.37. The number of carbonyl (C=O) groups is 1. The molecule has 0 saturated carbocycles. The van der Waals surface area contributed by atoms with E-state index in [-0.39, 0.29) is 5.75 Å². The Morgan fingerprint density at radius 2 is 2.11 bits per heavy atom. The number of esters is 1. The van der Waals surface area contributed by atoms with Gasteiger partial charge in [0.1, 0.15) is 5.75 Å². The number of aromatic hydroxyl groups is 1. The van der Waals surface area contributed by atoms with Crippen molar-refractivity contribution in [2.24, 2.45) is 0 Å². The highest BCUT2D eigenvalue weighted by atomic mass is 16.5. The summed E-state index contributed by atoms with van der Waals surface area (Å²) in [4.78, 5) is 11.5. The van der Waals surface area contributed by atoms with Crippen LogP contribution in [0.2, 0.25) is 0 Å². The first kappa shape index (κ1) is 14.5. The molecule has 0 bridgehead atoms. The summed E-state index contributed by atoms with van der Waals surface area (Å²) in [5.41, 5.74) is 1.04. The fraction of sp³-hybridized carbons (Fsp3) is 0.500. The molecule has 0 aromatic heterocycles. The zero-order valence-electron chi connectivity index (χ0n) is 10.8. The van der Waals surface area contributed by atoms with Gasteiger partial charge in [-0.3, -0.25) is 0 Å². The lowest BCUT2D eigenvalue weighted by Gasteiger charge is -2.11. The Morgan fingerprint density at radius 3 is 2.72 bits per heavy atom. The quantitative estimate of drug-likeness (QED) is 0.603. The van der Waals surface area contributed by atoms with E-state index >= 15 is 0 Å². The van der Waals surface area contributed by atoms with Crippen molar-refractivity contribution in [3.63, 3.8) is 0 Å². The average molecular weight is 252 g/mol. The molecule has 0 amide bonds. The SMILES string of the molecule is CCCCCOC(=O)C(O)c1ccc(C)c(O)c1. The van der Waals surface area contributed by atoms with Gasteiger partial charge in [-0.25, -0.2) is 4.79 Å². The van der Waals surface area contributed by atoms with Crippen molar-refractivity contribution >= 4 is 5.97 Å². The Kier molecular flexibility index (Phi) is 5.65. The second-order valence-corrected chi connectivity index (χ2v) is 4.32. The van der Waals surface area contributed by atoms with Crippen molar-refractivity contribution in [1.82, 2.24) is 0 Å². The van der Waals surface area contributed by atoms with Crippen LogP contribution in [0.25, 0.3) is 0 Å². The van der Waals surface area contributed by atoms with Crippen LogP contribution < -0.4 is 0 Å². The summed E-state index contributed by atoms with van der Waals surface area (Å²) < 4.78 is 4.96. The second kappa shape index (κ2) is 7.01. The molecule has 0 heterocycles. The van der Waals surface area contributed by atoms with Crippen LogP contribution in [0.4, 0.5) is 0 Å². The highest BCUT2D eigenvalue weighted by Gasteiger charge is 2.19. The third kappa shape index (κ3) is 4.04. The molecule has 0 aliphatic heterocycles. The Morgan fingerprint density at radius 1 is 1.39 bits per heavy atom. The van der Waals surface area contributed by atoms with Crippen LogP contribution >= 0.6 is 0 Å². The summed E-state index contributed by atoms with van der Waals surface area (Å²) >= 11 is 0. The number of hydrogen-bond acceptors (Lipinski definition) is 4. The van der Waals surface area contributed by atoms with Gasteiger partial charge in [-0.05, 0) is 30.5 Å². The van der Waals surface area contributed by atoms with Gasteiger partial charge in [0, 0.05) is 0 Å². The van der Waals surface area contributed by atoms with Crippen molar-refractivity contribution in [2.75, 3.05) is 6.61 Å². The van der Waals surface area contributed by atoms with E-state index in [1.807, 2.05) is 0 Å². The van der Waals surface area contributed by atoms with Crippen LogP contribution in [0.1, 0.15) is 43.4 Å². The smallest absolute Gasteiger partial charge is 0.339 e. The molecule has 0 fully saturated rings. The van der Waals surface area contributed by atoms with Gasteiger partial charge in [0.05, 0.1) is 6.61 Å². The van der Waals surface area contributed by atoms with Gasteiger partial charge >= 0.3 is 5.97 Å². The molecule has 1 aromatic carbocycles. The lowest BCUT2D eigenvalue weighted by Crippen LogP contribution is -2.16. The molecule has 0 radical (unpaired) electrons. The van der Waals surface area contributed by atoms with Crippen molar-refractivity contribution in [2.45, 2.75) is 39.2 Å². The molecule has 2 N–H and O–H groups in total. The molecule has 1 rings (SSSR count). The molecule has 0 spiro atoms. The van der Waals surface area contributed by atoms with Crippen molar-refractivity contribution in [3.05, 3.63) is 29.3 Å². The number of aliphatic hydroxyl groups excluding tert-OH is 1. The summed E-state index contributed by atoms with van der Waals surface area (Å²) in [7, 11) is 0. The van der Waals surface area contributed by atoms with Gasteiger partial charge in [-0.15, -0.1) is 0 Å². The summed E-state index contributed by atoms with van der Waals surface area (Å²) in [5.74, 6) is -0.611. The van der Waals surface area contributed by atoms with Crippen LogP contribution in [0.5, 0.6) is 5.75 Å². The molecule has 4 heteroatoms. The lowest BCUT2D eigenvalue weighted by molar-refractivity contribution is -0.154. The fourth-order valence-corrected chi connectivity index (χ4v) is 1.54. The molecule has 4 nitrogen and oxygen atoms in total. The Labute approximate surface area is 107 Å². The highest BCUT2D eigenvalue weighted by Crippen LogP contribution is 2.22. The Hall–Kier alpha value is -1.55. The molecular formula is C14H20O4. The molecule has 0 saturated heterocycles. The number of aliphatic hydroxyl groups is 1. The van der Waals surface area contributed by atoms with E-state index in [0.717, 1.165) is 19.3 Å². The number of carbonyl (C=O) groups excluding carboxylic acids is 1. The molecule has 1 aromatic rings. The van der Waals surface area contributed by atoms with Gasteiger partial charge in [-0.2, -0.15) is 0 Å². The first-order chi connectivity index (χ1) is 8.56. The number of phenolic OH excluding ortho intramolecular Hbond substituents is 1. The largest absolute Gasteiger partial charge is 0.508 e. The monoisotopic (exact) mass is 252 g/mol. The summed E-state index contributed by atoms with van der Waals surface area (Å²) in [6, 6.07) is 4.64. The van der Waals surface area contributed by atoms with Gasteiger partial charge in [0.15, 0.2) is 6.10 Å². The van der Waals surface area contributed by atoms with E-state index in [0.29, 0.717) is 17.7 Å². The number of phenols is 1. The fourth-order valence-electron chi connectivity index (χ4n) is 1.54. The minimum absolute atomic E-state index is 0.0605. The maximum Gasteiger partial charge on any atom is 0.339 e. The summed E-state index contributed by atoms with van der Waals surface area (Å²) in [6.07, 6.45) is 1.51. The topological polar surface area (TPSA) is 66.8 Å². The first-order valence-electron chi connectivity index (χ1n) is 6.20. The predicted octanol–water partition coefficient (Wildman–Crippen LogP) is 2.47. The predicted molar refractivity (Wildman–Crippen MR) is 68.3 cm³/mol. The summed E-state index contributed by atoms with van der Waals surface area (Å²) in [5, 5.41) is 19.3. The minimum atomic E-state index is -1.34. The van der Waals surface area contributed by atoms with E-state index in [1.165, 1.54) is 6.07 Å². The minimum Gasteiger partial charge on any atom is -0.508 e. The van der Waals surface area contributed by atoms with E-state index in [4.69, 9.17) is 4.74 Å².